The maximum Gasteiger partial charge on any atom is 0.356 e. The summed E-state index contributed by atoms with van der Waals surface area (Å²) < 4.78 is 12.3. The molecule has 33 heavy (non-hydrogen) atoms. The molecule has 2 aromatic heterocycles. The van der Waals surface area contributed by atoms with Gasteiger partial charge in [0.25, 0.3) is 0 Å². The number of aromatic amines is 1. The number of hydrogen-bond acceptors (Lipinski definition) is 9. The molecular formula is C21H14N8O4. The first-order valence-electron chi connectivity index (χ1n) is 9.57. The predicted molar refractivity (Wildman–Crippen MR) is 113 cm³/mol. The zero-order valence-electron chi connectivity index (χ0n) is 16.8. The third-order valence-corrected chi connectivity index (χ3v) is 4.80. The van der Waals surface area contributed by atoms with Crippen LogP contribution in [0.15, 0.2) is 54.7 Å². The van der Waals surface area contributed by atoms with Crippen LogP contribution in [0.5, 0.6) is 11.5 Å². The highest BCUT2D eigenvalue weighted by Gasteiger charge is 2.19. The van der Waals surface area contributed by atoms with Crippen molar-refractivity contribution >= 4 is 17.2 Å². The number of hydrogen-bond donors (Lipinski definition) is 3. The Morgan fingerprint density at radius 1 is 1.18 bits per heavy atom. The van der Waals surface area contributed by atoms with Crippen LogP contribution in [0, 0.1) is 11.3 Å². The molecule has 0 atom stereocenters. The van der Waals surface area contributed by atoms with Gasteiger partial charge < -0.3 is 19.9 Å². The molecule has 0 saturated carbocycles. The molecule has 0 saturated heterocycles. The number of carboxylic acid groups (broad SMARTS) is 1. The molecule has 162 valence electrons. The van der Waals surface area contributed by atoms with Crippen LogP contribution in [0.1, 0.15) is 16.3 Å². The van der Waals surface area contributed by atoms with E-state index < -0.39 is 5.97 Å². The molecule has 0 bridgehead atoms. The van der Waals surface area contributed by atoms with Crippen molar-refractivity contribution in [3.63, 3.8) is 0 Å². The molecular weight excluding hydrogens is 428 g/mol. The van der Waals surface area contributed by atoms with Gasteiger partial charge in [0, 0.05) is 17.5 Å². The van der Waals surface area contributed by atoms with Crippen molar-refractivity contribution in [3.05, 3.63) is 66.2 Å². The molecule has 0 amide bonds. The number of nitriles is 1. The highest BCUT2D eigenvalue weighted by atomic mass is 16.7. The molecule has 5 rings (SSSR count). The lowest BCUT2D eigenvalue weighted by Gasteiger charge is -2.09. The van der Waals surface area contributed by atoms with E-state index in [4.69, 9.17) is 9.47 Å². The van der Waals surface area contributed by atoms with E-state index in [2.05, 4.69) is 31.0 Å². The highest BCUT2D eigenvalue weighted by Crippen LogP contribution is 2.36. The molecule has 0 aliphatic carbocycles. The lowest BCUT2D eigenvalue weighted by Crippen LogP contribution is -2.02. The van der Waals surface area contributed by atoms with Gasteiger partial charge in [-0.25, -0.2) is 9.48 Å². The fourth-order valence-electron chi connectivity index (χ4n) is 3.22. The Morgan fingerprint density at radius 2 is 2.00 bits per heavy atom. The van der Waals surface area contributed by atoms with Gasteiger partial charge in [-0.3, -0.25) is 0 Å². The molecule has 12 nitrogen and oxygen atoms in total. The minimum Gasteiger partial charge on any atom is -0.476 e. The molecule has 1 aliphatic rings. The molecule has 3 heterocycles. The van der Waals surface area contributed by atoms with Gasteiger partial charge in [0.05, 0.1) is 11.4 Å². The Bertz CT molecular complexity index is 1400. The quantitative estimate of drug-likeness (QED) is 0.378. The minimum atomic E-state index is -1.13. The molecule has 0 fully saturated rings. The van der Waals surface area contributed by atoms with Crippen LogP contribution >= 0.6 is 0 Å². The number of tetrazole rings is 1. The van der Waals surface area contributed by atoms with Gasteiger partial charge >= 0.3 is 5.97 Å². The van der Waals surface area contributed by atoms with Crippen molar-refractivity contribution in [2.45, 2.75) is 0 Å². The number of nitrogens with zero attached hydrogens (tertiary/aromatic N) is 6. The Kier molecular flexibility index (Phi) is 4.89. The third-order valence-electron chi connectivity index (χ3n) is 4.80. The number of H-pyrrole nitrogens is 1. The van der Waals surface area contributed by atoms with Gasteiger partial charge in [0.15, 0.2) is 17.2 Å². The predicted octanol–water partition coefficient (Wildman–Crippen LogP) is 2.46. The van der Waals surface area contributed by atoms with Crippen LogP contribution in [-0.4, -0.2) is 48.3 Å². The zero-order chi connectivity index (χ0) is 22.8. The van der Waals surface area contributed by atoms with Gasteiger partial charge in [0.2, 0.25) is 12.6 Å². The van der Waals surface area contributed by atoms with Crippen molar-refractivity contribution in [2.24, 2.45) is 0 Å². The van der Waals surface area contributed by atoms with Crippen LogP contribution in [0.25, 0.3) is 22.5 Å². The van der Waals surface area contributed by atoms with Gasteiger partial charge in [-0.1, -0.05) is 0 Å². The van der Waals surface area contributed by atoms with Crippen molar-refractivity contribution in [2.75, 3.05) is 12.1 Å². The smallest absolute Gasteiger partial charge is 0.356 e. The Balaban J connectivity index is 1.46. The van der Waals surface area contributed by atoms with E-state index in [0.29, 0.717) is 28.6 Å². The normalized spacial score (nSPS) is 12.4. The average molecular weight is 442 g/mol. The average Bonchev–Trinajstić information content (AvgIpc) is 3.60. The van der Waals surface area contributed by atoms with Gasteiger partial charge in [-0.2, -0.15) is 15.6 Å². The molecule has 1 aliphatic heterocycles. The van der Waals surface area contributed by atoms with Crippen LogP contribution in [0.2, 0.25) is 0 Å². The van der Waals surface area contributed by atoms with Crippen LogP contribution in [-0.2, 0) is 0 Å². The Hall–Kier alpha value is -5.18. The number of anilines is 1. The molecule has 12 heteroatoms. The summed E-state index contributed by atoms with van der Waals surface area (Å²) in [5.41, 5.74) is 2.75. The monoisotopic (exact) mass is 442 g/mol. The van der Waals surface area contributed by atoms with Crippen molar-refractivity contribution < 1.29 is 19.4 Å². The summed E-state index contributed by atoms with van der Waals surface area (Å²) in [5, 5.41) is 39.2. The first kappa shape index (κ1) is 19.8. The summed E-state index contributed by atoms with van der Waals surface area (Å²) in [4.78, 5) is 11.6. The van der Waals surface area contributed by atoms with E-state index in [1.165, 1.54) is 12.3 Å². The zero-order valence-corrected chi connectivity index (χ0v) is 16.8. The highest BCUT2D eigenvalue weighted by molar-refractivity contribution is 5.87. The van der Waals surface area contributed by atoms with Gasteiger partial charge in [-0.05, 0) is 53.7 Å². The summed E-state index contributed by atoms with van der Waals surface area (Å²) in [6.45, 7) is 0.140. The fraction of sp³-hybridized carbons (Fsp3) is 0.0476. The lowest BCUT2D eigenvalue weighted by atomic mass is 10.1. The van der Waals surface area contributed by atoms with E-state index >= 15 is 0 Å². The van der Waals surface area contributed by atoms with E-state index in [1.807, 2.05) is 12.1 Å². The maximum absolute atomic E-state index is 11.6. The van der Waals surface area contributed by atoms with E-state index in [1.54, 1.807) is 41.1 Å². The maximum atomic E-state index is 11.6. The van der Waals surface area contributed by atoms with Crippen LogP contribution < -0.4 is 14.8 Å². The first-order chi connectivity index (χ1) is 16.1. The number of ether oxygens (including phenoxy) is 2. The summed E-state index contributed by atoms with van der Waals surface area (Å²) in [6, 6.07) is 15.9. The van der Waals surface area contributed by atoms with Crippen molar-refractivity contribution in [1.82, 2.24) is 30.4 Å². The number of carbonyl (C=O) groups is 1. The number of carboxylic acids is 1. The number of benzene rings is 2. The van der Waals surface area contributed by atoms with E-state index in [-0.39, 0.29) is 23.9 Å². The second-order valence-corrected chi connectivity index (χ2v) is 6.80. The SMILES string of the molecule is N#CC(=CNc1ccc(-n2nc(C(=O)O)cc2-c2ccc3c(c2)OCO3)cc1)c1nn[nH]n1. The van der Waals surface area contributed by atoms with Crippen LogP contribution in [0.3, 0.4) is 0 Å². The number of fused-ring (bicyclic) bond motifs is 1. The lowest BCUT2D eigenvalue weighted by molar-refractivity contribution is 0.0690. The number of aromatic nitrogens is 6. The van der Waals surface area contributed by atoms with Gasteiger partial charge in [-0.15, -0.1) is 10.2 Å². The number of aromatic carboxylic acids is 1. The summed E-state index contributed by atoms with van der Waals surface area (Å²) >= 11 is 0. The topological polar surface area (TPSA) is 164 Å². The van der Waals surface area contributed by atoms with Gasteiger partial charge in [0.1, 0.15) is 11.6 Å². The fourth-order valence-corrected chi connectivity index (χ4v) is 3.22. The second kappa shape index (κ2) is 8.16. The van der Waals surface area contributed by atoms with E-state index in [0.717, 1.165) is 5.56 Å². The number of allylic oxidation sites excluding steroid dienone is 1. The summed E-state index contributed by atoms with van der Waals surface area (Å²) in [7, 11) is 0. The first-order valence-corrected chi connectivity index (χ1v) is 9.57. The standard InChI is InChI=1S/C21H14N8O4/c22-9-13(20-24-27-28-25-20)10-23-14-2-4-15(5-3-14)29-17(8-16(26-29)21(30)31)12-1-6-18-19(7-12)33-11-32-18/h1-8,10,23H,11H2,(H,30,31)(H,24,25,27,28). The Morgan fingerprint density at radius 3 is 2.73 bits per heavy atom. The largest absolute Gasteiger partial charge is 0.476 e. The number of nitrogens with one attached hydrogen (secondary N) is 2. The van der Waals surface area contributed by atoms with E-state index in [9.17, 15) is 15.2 Å². The molecule has 2 aromatic carbocycles. The van der Waals surface area contributed by atoms with Crippen molar-refractivity contribution in [1.29, 1.82) is 5.26 Å². The van der Waals surface area contributed by atoms with Crippen molar-refractivity contribution in [3.8, 4) is 34.5 Å². The molecule has 0 unspecified atom stereocenters. The third kappa shape index (κ3) is 3.81. The molecule has 3 N–H and O–H groups in total. The van der Waals surface area contributed by atoms with Crippen LogP contribution in [0.4, 0.5) is 5.69 Å². The molecule has 4 aromatic rings. The molecule has 0 radical (unpaired) electrons. The second-order valence-electron chi connectivity index (χ2n) is 6.80. The molecule has 0 spiro atoms. The minimum absolute atomic E-state index is 0.0911. The number of rotatable bonds is 6. The Labute approximate surface area is 185 Å². The summed E-state index contributed by atoms with van der Waals surface area (Å²) in [5.74, 6) is 0.250. The summed E-state index contributed by atoms with van der Waals surface area (Å²) in [6.07, 6.45) is 1.47.